The van der Waals surface area contributed by atoms with Crippen LogP contribution in [0.2, 0.25) is 0 Å². The van der Waals surface area contributed by atoms with E-state index in [0.717, 1.165) is 43.1 Å². The van der Waals surface area contributed by atoms with E-state index in [0.29, 0.717) is 12.1 Å². The van der Waals surface area contributed by atoms with Gasteiger partial charge in [-0.25, -0.2) is 0 Å². The van der Waals surface area contributed by atoms with E-state index < -0.39 is 0 Å². The Morgan fingerprint density at radius 1 is 1.09 bits per heavy atom. The molecule has 3 aromatic rings. The maximum Gasteiger partial charge on any atom is 0.251 e. The number of benzene rings is 1. The van der Waals surface area contributed by atoms with Crippen LogP contribution >= 0.6 is 0 Å². The smallest absolute Gasteiger partial charge is 0.251 e. The zero-order valence-electron chi connectivity index (χ0n) is 20.4. The van der Waals surface area contributed by atoms with E-state index in [1.165, 1.54) is 61.5 Å². The number of rotatable bonds is 7. The molecule has 5 rings (SSSR count). The van der Waals surface area contributed by atoms with E-state index in [-0.39, 0.29) is 5.56 Å². The number of aromatic nitrogens is 2. The van der Waals surface area contributed by atoms with Crippen molar-refractivity contribution in [2.75, 3.05) is 13.1 Å². The molecule has 1 aromatic carbocycles. The highest BCUT2D eigenvalue weighted by Gasteiger charge is 2.32. The molecule has 1 saturated carbocycles. The number of nitrogens with one attached hydrogen (secondary N) is 2. The lowest BCUT2D eigenvalue weighted by atomic mass is 9.79. The van der Waals surface area contributed by atoms with Crippen LogP contribution < -0.4 is 10.9 Å². The molecule has 0 bridgehead atoms. The highest BCUT2D eigenvalue weighted by Crippen LogP contribution is 2.40. The van der Waals surface area contributed by atoms with Gasteiger partial charge in [0, 0.05) is 55.2 Å². The molecular weight excluding hydrogens is 420 g/mol. The molecule has 1 unspecified atom stereocenters. The fourth-order valence-corrected chi connectivity index (χ4v) is 6.09. The summed E-state index contributed by atoms with van der Waals surface area (Å²) in [6, 6.07) is 14.1. The molecular formula is C29H38N4O. The lowest BCUT2D eigenvalue weighted by Gasteiger charge is -2.43. The maximum absolute atomic E-state index is 12.3. The summed E-state index contributed by atoms with van der Waals surface area (Å²) >= 11 is 0. The Labute approximate surface area is 203 Å². The van der Waals surface area contributed by atoms with Crippen LogP contribution in [0, 0.1) is 5.92 Å². The van der Waals surface area contributed by atoms with Crippen molar-refractivity contribution in [3.63, 3.8) is 0 Å². The zero-order chi connectivity index (χ0) is 23.3. The summed E-state index contributed by atoms with van der Waals surface area (Å²) in [6.45, 7) is 5.22. The van der Waals surface area contributed by atoms with Gasteiger partial charge < -0.3 is 10.3 Å². The number of hydrogen-bond acceptors (Lipinski definition) is 4. The Balaban J connectivity index is 1.33. The fraction of sp³-hybridized carbons (Fsp3) is 0.517. The van der Waals surface area contributed by atoms with Gasteiger partial charge in [0.15, 0.2) is 0 Å². The van der Waals surface area contributed by atoms with Gasteiger partial charge in [-0.15, -0.1) is 0 Å². The molecule has 5 nitrogen and oxygen atoms in total. The molecule has 1 saturated heterocycles. The van der Waals surface area contributed by atoms with Crippen LogP contribution in [-0.4, -0.2) is 34.0 Å². The van der Waals surface area contributed by atoms with Crippen molar-refractivity contribution in [3.8, 4) is 0 Å². The third-order valence-electron chi connectivity index (χ3n) is 8.00. The van der Waals surface area contributed by atoms with Crippen LogP contribution in [0.4, 0.5) is 0 Å². The average molecular weight is 459 g/mol. The molecule has 1 aliphatic carbocycles. The number of hydrogen-bond donors (Lipinski definition) is 2. The average Bonchev–Trinajstić information content (AvgIpc) is 2.89. The Morgan fingerprint density at radius 3 is 2.65 bits per heavy atom. The summed E-state index contributed by atoms with van der Waals surface area (Å²) < 4.78 is 0. The first kappa shape index (κ1) is 23.3. The van der Waals surface area contributed by atoms with Crippen molar-refractivity contribution in [3.05, 3.63) is 75.8 Å². The van der Waals surface area contributed by atoms with Gasteiger partial charge in [-0.05, 0) is 78.8 Å². The van der Waals surface area contributed by atoms with Gasteiger partial charge in [0.25, 0.3) is 5.56 Å². The van der Waals surface area contributed by atoms with Crippen LogP contribution in [0.3, 0.4) is 0 Å². The van der Waals surface area contributed by atoms with E-state index in [1.807, 2.05) is 18.5 Å². The predicted molar refractivity (Wildman–Crippen MR) is 139 cm³/mol. The van der Waals surface area contributed by atoms with Crippen LogP contribution in [0.15, 0.2) is 53.6 Å². The number of likely N-dealkylation sites (tertiary alicyclic amines) is 1. The number of piperidine rings is 1. The molecule has 3 heterocycles. The Bertz CT molecular complexity index is 1130. The van der Waals surface area contributed by atoms with Crippen LogP contribution in [-0.2, 0) is 13.0 Å². The standard InChI is InChI=1S/C29H38N4O/c1-2-22-17-25-18-24(10-11-27(25)32-29(22)34)28(23-8-4-3-5-9-23)33-15-12-26(13-16-33)31-20-21-7-6-14-30-19-21/h6-7,10-11,14,17-19,23,26,28,31H,2-5,8-9,12-13,15-16,20H2,1H3,(H,32,34). The van der Waals surface area contributed by atoms with Crippen LogP contribution in [0.1, 0.15) is 74.6 Å². The number of pyridine rings is 2. The van der Waals surface area contributed by atoms with Gasteiger partial charge in [-0.1, -0.05) is 38.3 Å². The quantitative estimate of drug-likeness (QED) is 0.500. The van der Waals surface area contributed by atoms with Gasteiger partial charge in [0.2, 0.25) is 0 Å². The number of aryl methyl sites for hydroxylation is 1. The van der Waals surface area contributed by atoms with Crippen molar-refractivity contribution >= 4 is 10.9 Å². The largest absolute Gasteiger partial charge is 0.322 e. The van der Waals surface area contributed by atoms with Gasteiger partial charge in [0.1, 0.15) is 0 Å². The first-order valence-electron chi connectivity index (χ1n) is 13.2. The molecule has 180 valence electrons. The molecule has 5 heteroatoms. The topological polar surface area (TPSA) is 61.0 Å². The van der Waals surface area contributed by atoms with E-state index in [9.17, 15) is 4.79 Å². The SMILES string of the molecule is CCc1cc2cc(C(C3CCCCC3)N3CCC(NCc4cccnc4)CC3)ccc2[nH]c1=O. The van der Waals surface area contributed by atoms with Crippen LogP contribution in [0.25, 0.3) is 10.9 Å². The van der Waals surface area contributed by atoms with Gasteiger partial charge in [-0.3, -0.25) is 14.7 Å². The molecule has 0 radical (unpaired) electrons. The minimum Gasteiger partial charge on any atom is -0.322 e. The summed E-state index contributed by atoms with van der Waals surface area (Å²) in [5, 5.41) is 4.93. The summed E-state index contributed by atoms with van der Waals surface area (Å²) in [4.78, 5) is 22.4. The first-order valence-corrected chi connectivity index (χ1v) is 13.2. The van der Waals surface area contributed by atoms with Gasteiger partial charge in [0.05, 0.1) is 0 Å². The van der Waals surface area contributed by atoms with E-state index in [2.05, 4.69) is 57.4 Å². The lowest BCUT2D eigenvalue weighted by molar-refractivity contribution is 0.0854. The molecule has 2 fully saturated rings. The number of fused-ring (bicyclic) bond motifs is 1. The van der Waals surface area contributed by atoms with Crippen molar-refractivity contribution in [2.45, 2.75) is 76.9 Å². The Kier molecular flexibility index (Phi) is 7.41. The predicted octanol–water partition coefficient (Wildman–Crippen LogP) is 5.36. The third kappa shape index (κ3) is 5.26. The zero-order valence-corrected chi connectivity index (χ0v) is 20.4. The van der Waals surface area contributed by atoms with Crippen molar-refractivity contribution < 1.29 is 0 Å². The minimum absolute atomic E-state index is 0.0486. The van der Waals surface area contributed by atoms with Crippen molar-refractivity contribution in [2.24, 2.45) is 5.92 Å². The van der Waals surface area contributed by atoms with E-state index in [1.54, 1.807) is 0 Å². The monoisotopic (exact) mass is 458 g/mol. The number of aromatic amines is 1. The highest BCUT2D eigenvalue weighted by molar-refractivity contribution is 5.79. The molecule has 2 N–H and O–H groups in total. The van der Waals surface area contributed by atoms with Gasteiger partial charge >= 0.3 is 0 Å². The second kappa shape index (κ2) is 10.8. The van der Waals surface area contributed by atoms with Crippen molar-refractivity contribution in [1.82, 2.24) is 20.2 Å². The molecule has 0 amide bonds. The second-order valence-electron chi connectivity index (χ2n) is 10.2. The van der Waals surface area contributed by atoms with E-state index in [4.69, 9.17) is 0 Å². The molecule has 1 aliphatic heterocycles. The molecule has 2 aliphatic rings. The first-order chi connectivity index (χ1) is 16.7. The normalized spacial score (nSPS) is 19.4. The van der Waals surface area contributed by atoms with Crippen LogP contribution in [0.5, 0.6) is 0 Å². The maximum atomic E-state index is 12.3. The summed E-state index contributed by atoms with van der Waals surface area (Å²) in [7, 11) is 0. The third-order valence-corrected chi connectivity index (χ3v) is 8.00. The summed E-state index contributed by atoms with van der Waals surface area (Å²) in [6.07, 6.45) is 13.7. The lowest BCUT2D eigenvalue weighted by Crippen LogP contribution is -2.45. The second-order valence-corrected chi connectivity index (χ2v) is 10.2. The van der Waals surface area contributed by atoms with Gasteiger partial charge in [-0.2, -0.15) is 0 Å². The highest BCUT2D eigenvalue weighted by atomic mass is 16.1. The fourth-order valence-electron chi connectivity index (χ4n) is 6.09. The molecule has 2 aromatic heterocycles. The summed E-state index contributed by atoms with van der Waals surface area (Å²) in [5.41, 5.74) is 4.55. The molecule has 1 atom stereocenters. The Hall–Kier alpha value is -2.50. The Morgan fingerprint density at radius 2 is 1.91 bits per heavy atom. The number of H-pyrrole nitrogens is 1. The van der Waals surface area contributed by atoms with E-state index >= 15 is 0 Å². The molecule has 0 spiro atoms. The summed E-state index contributed by atoms with van der Waals surface area (Å²) in [5.74, 6) is 0.722. The van der Waals surface area contributed by atoms with Crippen molar-refractivity contribution in [1.29, 1.82) is 0 Å². The minimum atomic E-state index is 0.0486. The number of nitrogens with zero attached hydrogens (tertiary/aromatic N) is 2. The molecule has 34 heavy (non-hydrogen) atoms.